The minimum atomic E-state index is -0.544. The molecule has 1 aromatic carbocycles. The van der Waals surface area contributed by atoms with Crippen molar-refractivity contribution in [3.8, 4) is 11.5 Å². The van der Waals surface area contributed by atoms with E-state index >= 15 is 0 Å². The number of hydrogen-bond acceptors (Lipinski definition) is 7. The molecule has 2 aromatic heterocycles. The molecule has 9 heteroatoms. The average Bonchev–Trinajstić information content (AvgIpc) is 3.35. The molecule has 0 saturated carbocycles. The number of carbonyl (C=O) groups is 2. The number of amides is 2. The molecule has 3 aromatic rings. The maximum absolute atomic E-state index is 11.9. The Hall–Kier alpha value is -4.14. The number of benzene rings is 1. The third kappa shape index (κ3) is 4.77. The fraction of sp³-hybridized carbons (Fsp3) is 0.217. The van der Waals surface area contributed by atoms with Gasteiger partial charge in [0.1, 0.15) is 28.8 Å². The fourth-order valence-electron chi connectivity index (χ4n) is 3.47. The van der Waals surface area contributed by atoms with Gasteiger partial charge in [-0.3, -0.25) is 14.6 Å². The second-order valence-corrected chi connectivity index (χ2v) is 7.33. The highest BCUT2D eigenvalue weighted by atomic mass is 16.5. The standard InChI is InChI=1S/C23H24N6O3/c1-25-23(31)19-14-17(10-11-26-19)32-16-6-4-15(5-7-16)27-22-18(21(24)30)8-9-20(28-22)29-12-2-3-13-29/h4-11,14H,2-3,12-13H2,1H3,(H2,24,30)(H,25,31)(H,27,28). The van der Waals surface area contributed by atoms with Crippen molar-refractivity contribution < 1.29 is 14.3 Å². The van der Waals surface area contributed by atoms with E-state index in [1.807, 2.05) is 18.2 Å². The highest BCUT2D eigenvalue weighted by Gasteiger charge is 2.17. The number of pyridine rings is 2. The lowest BCUT2D eigenvalue weighted by molar-refractivity contribution is 0.0956. The smallest absolute Gasteiger partial charge is 0.269 e. The van der Waals surface area contributed by atoms with Gasteiger partial charge in [-0.15, -0.1) is 0 Å². The number of nitrogens with zero attached hydrogens (tertiary/aromatic N) is 3. The quantitative estimate of drug-likeness (QED) is 0.524. The second kappa shape index (κ2) is 9.34. The Bertz CT molecular complexity index is 1130. The predicted octanol–water partition coefficient (Wildman–Crippen LogP) is 3.07. The van der Waals surface area contributed by atoms with Gasteiger partial charge in [-0.05, 0) is 55.3 Å². The number of aromatic nitrogens is 2. The molecule has 1 saturated heterocycles. The van der Waals surface area contributed by atoms with E-state index in [2.05, 4.69) is 25.5 Å². The van der Waals surface area contributed by atoms with Crippen molar-refractivity contribution in [3.05, 3.63) is 66.0 Å². The molecule has 3 heterocycles. The first kappa shape index (κ1) is 21.1. The Labute approximate surface area is 185 Å². The number of primary amides is 1. The van der Waals surface area contributed by atoms with Gasteiger partial charge in [0.15, 0.2) is 0 Å². The van der Waals surface area contributed by atoms with E-state index in [4.69, 9.17) is 10.5 Å². The van der Waals surface area contributed by atoms with E-state index in [9.17, 15) is 9.59 Å². The van der Waals surface area contributed by atoms with Gasteiger partial charge in [-0.25, -0.2) is 4.98 Å². The molecular formula is C23H24N6O3. The molecule has 1 fully saturated rings. The molecule has 0 atom stereocenters. The van der Waals surface area contributed by atoms with Crippen LogP contribution in [-0.2, 0) is 0 Å². The molecular weight excluding hydrogens is 408 g/mol. The normalized spacial score (nSPS) is 13.0. The largest absolute Gasteiger partial charge is 0.457 e. The van der Waals surface area contributed by atoms with Crippen LogP contribution in [0.2, 0.25) is 0 Å². The lowest BCUT2D eigenvalue weighted by atomic mass is 10.2. The third-order valence-corrected chi connectivity index (χ3v) is 5.12. The van der Waals surface area contributed by atoms with Crippen molar-refractivity contribution in [1.29, 1.82) is 0 Å². The number of hydrogen-bond donors (Lipinski definition) is 3. The molecule has 0 unspecified atom stereocenters. The summed E-state index contributed by atoms with van der Waals surface area (Å²) in [5.74, 6) is 1.48. The molecule has 0 bridgehead atoms. The van der Waals surface area contributed by atoms with Crippen molar-refractivity contribution in [2.75, 3.05) is 30.4 Å². The SMILES string of the molecule is CNC(=O)c1cc(Oc2ccc(Nc3nc(N4CCCC4)ccc3C(N)=O)cc2)ccn1. The summed E-state index contributed by atoms with van der Waals surface area (Å²) in [5, 5.41) is 5.71. The summed E-state index contributed by atoms with van der Waals surface area (Å²) in [7, 11) is 1.54. The minimum Gasteiger partial charge on any atom is -0.457 e. The zero-order valence-electron chi connectivity index (χ0n) is 17.7. The first-order chi connectivity index (χ1) is 15.5. The highest BCUT2D eigenvalue weighted by Crippen LogP contribution is 2.27. The molecule has 4 rings (SSSR count). The molecule has 1 aliphatic rings. The van der Waals surface area contributed by atoms with Crippen LogP contribution in [0, 0.1) is 0 Å². The summed E-state index contributed by atoms with van der Waals surface area (Å²) in [6.07, 6.45) is 3.78. The Kier molecular flexibility index (Phi) is 6.16. The summed E-state index contributed by atoms with van der Waals surface area (Å²) in [6.45, 7) is 1.90. The minimum absolute atomic E-state index is 0.270. The first-order valence-electron chi connectivity index (χ1n) is 10.3. The van der Waals surface area contributed by atoms with Crippen LogP contribution in [0.25, 0.3) is 0 Å². The molecule has 32 heavy (non-hydrogen) atoms. The van der Waals surface area contributed by atoms with E-state index in [0.717, 1.165) is 37.4 Å². The summed E-state index contributed by atoms with van der Waals surface area (Å²) < 4.78 is 5.82. The van der Waals surface area contributed by atoms with Crippen molar-refractivity contribution >= 4 is 29.1 Å². The molecule has 0 spiro atoms. The van der Waals surface area contributed by atoms with Crippen LogP contribution in [-0.4, -0.2) is 41.9 Å². The van der Waals surface area contributed by atoms with Crippen LogP contribution in [0.1, 0.15) is 33.7 Å². The van der Waals surface area contributed by atoms with Gasteiger partial charge in [-0.2, -0.15) is 0 Å². The van der Waals surface area contributed by atoms with Crippen molar-refractivity contribution in [3.63, 3.8) is 0 Å². The van der Waals surface area contributed by atoms with E-state index in [1.165, 1.54) is 6.20 Å². The monoisotopic (exact) mass is 432 g/mol. The van der Waals surface area contributed by atoms with Crippen molar-refractivity contribution in [2.24, 2.45) is 5.73 Å². The van der Waals surface area contributed by atoms with Crippen LogP contribution in [0.3, 0.4) is 0 Å². The number of nitrogens with one attached hydrogen (secondary N) is 2. The van der Waals surface area contributed by atoms with Gasteiger partial charge >= 0.3 is 0 Å². The Morgan fingerprint density at radius 2 is 1.78 bits per heavy atom. The Balaban J connectivity index is 1.51. The lowest BCUT2D eigenvalue weighted by Crippen LogP contribution is -2.21. The molecule has 0 aliphatic carbocycles. The molecule has 0 radical (unpaired) electrons. The highest BCUT2D eigenvalue weighted by molar-refractivity contribution is 5.98. The molecule has 164 valence electrons. The maximum Gasteiger partial charge on any atom is 0.269 e. The summed E-state index contributed by atoms with van der Waals surface area (Å²) in [5.41, 5.74) is 6.86. The molecule has 2 amide bonds. The fourth-order valence-corrected chi connectivity index (χ4v) is 3.47. The zero-order valence-corrected chi connectivity index (χ0v) is 17.7. The van der Waals surface area contributed by atoms with Crippen molar-refractivity contribution in [1.82, 2.24) is 15.3 Å². The van der Waals surface area contributed by atoms with Crippen LogP contribution in [0.5, 0.6) is 11.5 Å². The first-order valence-corrected chi connectivity index (χ1v) is 10.3. The molecule has 4 N–H and O–H groups in total. The van der Waals surface area contributed by atoms with Crippen LogP contribution < -0.4 is 26.0 Å². The van der Waals surface area contributed by atoms with Gasteiger partial charge in [0, 0.05) is 38.1 Å². The van der Waals surface area contributed by atoms with Gasteiger partial charge in [0.2, 0.25) is 0 Å². The van der Waals surface area contributed by atoms with E-state index in [1.54, 1.807) is 37.4 Å². The summed E-state index contributed by atoms with van der Waals surface area (Å²) in [4.78, 5) is 34.5. The third-order valence-electron chi connectivity index (χ3n) is 5.12. The van der Waals surface area contributed by atoms with Gasteiger partial charge < -0.3 is 26.0 Å². The second-order valence-electron chi connectivity index (χ2n) is 7.33. The average molecular weight is 432 g/mol. The number of carbonyl (C=O) groups excluding carboxylic acids is 2. The van der Waals surface area contributed by atoms with Crippen molar-refractivity contribution in [2.45, 2.75) is 12.8 Å². The Morgan fingerprint density at radius 3 is 2.47 bits per heavy atom. The number of ether oxygens (including phenoxy) is 1. The van der Waals surface area contributed by atoms with Crippen LogP contribution in [0.15, 0.2) is 54.7 Å². The molecule has 1 aliphatic heterocycles. The number of nitrogens with two attached hydrogens (primary N) is 1. The summed E-state index contributed by atoms with van der Waals surface area (Å²) in [6, 6.07) is 13.9. The number of anilines is 3. The maximum atomic E-state index is 11.9. The Morgan fingerprint density at radius 1 is 1.03 bits per heavy atom. The lowest BCUT2D eigenvalue weighted by Gasteiger charge is -2.18. The topological polar surface area (TPSA) is 122 Å². The van der Waals surface area contributed by atoms with Crippen LogP contribution >= 0.6 is 0 Å². The van der Waals surface area contributed by atoms with Gasteiger partial charge in [0.25, 0.3) is 11.8 Å². The van der Waals surface area contributed by atoms with Gasteiger partial charge in [-0.1, -0.05) is 0 Å². The van der Waals surface area contributed by atoms with Gasteiger partial charge in [0.05, 0.1) is 5.56 Å². The summed E-state index contributed by atoms with van der Waals surface area (Å²) >= 11 is 0. The zero-order chi connectivity index (χ0) is 22.5. The molecule has 9 nitrogen and oxygen atoms in total. The van der Waals surface area contributed by atoms with E-state index < -0.39 is 5.91 Å². The number of rotatable bonds is 7. The predicted molar refractivity (Wildman–Crippen MR) is 122 cm³/mol. The van der Waals surface area contributed by atoms with E-state index in [-0.39, 0.29) is 11.6 Å². The van der Waals surface area contributed by atoms with E-state index in [0.29, 0.717) is 22.9 Å². The van der Waals surface area contributed by atoms with Crippen LogP contribution in [0.4, 0.5) is 17.3 Å².